The zero-order valence-corrected chi connectivity index (χ0v) is 10.1. The SMILES string of the molecule is Oc1ccc(SCc2csc(Cl)n2)cc1. The molecule has 1 N–H and O–H groups in total. The molecule has 0 bridgehead atoms. The van der Waals surface area contributed by atoms with Gasteiger partial charge in [-0.25, -0.2) is 4.98 Å². The van der Waals surface area contributed by atoms with Gasteiger partial charge in [-0.1, -0.05) is 11.6 Å². The van der Waals surface area contributed by atoms with Gasteiger partial charge in [-0.15, -0.1) is 23.1 Å². The summed E-state index contributed by atoms with van der Waals surface area (Å²) in [5.74, 6) is 1.09. The van der Waals surface area contributed by atoms with Gasteiger partial charge in [-0.3, -0.25) is 0 Å². The number of halogens is 1. The van der Waals surface area contributed by atoms with Crippen molar-refractivity contribution in [1.82, 2.24) is 4.98 Å². The van der Waals surface area contributed by atoms with Crippen LogP contribution in [0.2, 0.25) is 4.47 Å². The molecule has 0 fully saturated rings. The minimum atomic E-state index is 0.288. The third-order valence-electron chi connectivity index (χ3n) is 1.75. The Kier molecular flexibility index (Phi) is 3.51. The summed E-state index contributed by atoms with van der Waals surface area (Å²) < 4.78 is 0.580. The summed E-state index contributed by atoms with van der Waals surface area (Å²) in [6.07, 6.45) is 0. The Morgan fingerprint density at radius 3 is 2.67 bits per heavy atom. The van der Waals surface area contributed by atoms with Gasteiger partial charge in [-0.2, -0.15) is 0 Å². The van der Waals surface area contributed by atoms with E-state index >= 15 is 0 Å². The van der Waals surface area contributed by atoms with Gasteiger partial charge in [0, 0.05) is 16.0 Å². The van der Waals surface area contributed by atoms with Crippen LogP contribution >= 0.6 is 34.7 Å². The average Bonchev–Trinajstić information content (AvgIpc) is 2.64. The van der Waals surface area contributed by atoms with Crippen LogP contribution in [-0.2, 0) is 5.75 Å². The van der Waals surface area contributed by atoms with Gasteiger partial charge in [-0.05, 0) is 24.3 Å². The average molecular weight is 258 g/mol. The lowest BCUT2D eigenvalue weighted by Crippen LogP contribution is -1.79. The fraction of sp³-hybridized carbons (Fsp3) is 0.100. The van der Waals surface area contributed by atoms with Crippen LogP contribution in [-0.4, -0.2) is 10.1 Å². The van der Waals surface area contributed by atoms with Gasteiger partial charge >= 0.3 is 0 Å². The third-order valence-corrected chi connectivity index (χ3v) is 3.82. The molecule has 0 unspecified atom stereocenters. The molecular weight excluding hydrogens is 250 g/mol. The molecule has 78 valence electrons. The van der Waals surface area contributed by atoms with E-state index < -0.39 is 0 Å². The van der Waals surface area contributed by atoms with Crippen molar-refractivity contribution in [3.63, 3.8) is 0 Å². The zero-order chi connectivity index (χ0) is 10.7. The zero-order valence-electron chi connectivity index (χ0n) is 7.68. The van der Waals surface area contributed by atoms with Crippen molar-refractivity contribution in [2.75, 3.05) is 0 Å². The van der Waals surface area contributed by atoms with Crippen molar-refractivity contribution in [2.24, 2.45) is 0 Å². The molecule has 0 amide bonds. The van der Waals surface area contributed by atoms with Gasteiger partial charge in [0.2, 0.25) is 0 Å². The number of thioether (sulfide) groups is 1. The van der Waals surface area contributed by atoms with Crippen LogP contribution in [0.5, 0.6) is 5.75 Å². The number of phenolic OH excluding ortho intramolecular Hbond substituents is 1. The van der Waals surface area contributed by atoms with Crippen LogP contribution < -0.4 is 0 Å². The maximum Gasteiger partial charge on any atom is 0.183 e. The van der Waals surface area contributed by atoms with E-state index in [-0.39, 0.29) is 5.75 Å². The number of aromatic hydroxyl groups is 1. The molecule has 0 aliphatic rings. The number of rotatable bonds is 3. The second-order valence-corrected chi connectivity index (χ2v) is 5.36. The number of hydrogen-bond acceptors (Lipinski definition) is 4. The third kappa shape index (κ3) is 3.12. The molecule has 5 heteroatoms. The minimum absolute atomic E-state index is 0.288. The monoisotopic (exact) mass is 257 g/mol. The second kappa shape index (κ2) is 4.88. The Bertz CT molecular complexity index is 441. The first-order valence-electron chi connectivity index (χ1n) is 4.26. The Morgan fingerprint density at radius 2 is 2.07 bits per heavy atom. The highest BCUT2D eigenvalue weighted by molar-refractivity contribution is 7.98. The van der Waals surface area contributed by atoms with Gasteiger partial charge < -0.3 is 5.11 Å². The van der Waals surface area contributed by atoms with Crippen molar-refractivity contribution in [3.05, 3.63) is 39.8 Å². The Labute approximate surface area is 101 Å². The fourth-order valence-corrected chi connectivity index (χ4v) is 2.73. The summed E-state index contributed by atoms with van der Waals surface area (Å²) in [6, 6.07) is 7.12. The Hall–Kier alpha value is -0.710. The smallest absolute Gasteiger partial charge is 0.183 e. The van der Waals surface area contributed by atoms with Crippen LogP contribution in [0.1, 0.15) is 5.69 Å². The molecule has 0 aliphatic heterocycles. The van der Waals surface area contributed by atoms with Crippen LogP contribution in [0, 0.1) is 0 Å². The number of thiazole rings is 1. The van der Waals surface area contributed by atoms with Crippen LogP contribution in [0.15, 0.2) is 34.5 Å². The number of phenols is 1. The van der Waals surface area contributed by atoms with Crippen molar-refractivity contribution in [1.29, 1.82) is 0 Å². The molecule has 1 aromatic heterocycles. The van der Waals surface area contributed by atoms with Gasteiger partial charge in [0.05, 0.1) is 5.69 Å². The molecule has 0 aliphatic carbocycles. The number of benzene rings is 1. The maximum absolute atomic E-state index is 9.11. The Balaban J connectivity index is 1.96. The molecular formula is C10H8ClNOS2. The standard InChI is InChI=1S/C10H8ClNOS2/c11-10-12-7(6-15-10)5-14-9-3-1-8(13)2-4-9/h1-4,6,13H,5H2. The van der Waals surface area contributed by atoms with Crippen LogP contribution in [0.25, 0.3) is 0 Å². The lowest BCUT2D eigenvalue weighted by Gasteiger charge is -1.99. The molecule has 0 radical (unpaired) electrons. The topological polar surface area (TPSA) is 33.1 Å². The summed E-state index contributed by atoms with van der Waals surface area (Å²) >= 11 is 8.84. The van der Waals surface area contributed by atoms with E-state index in [0.717, 1.165) is 16.3 Å². The summed E-state index contributed by atoms with van der Waals surface area (Å²) in [7, 11) is 0. The summed E-state index contributed by atoms with van der Waals surface area (Å²) in [6.45, 7) is 0. The van der Waals surface area contributed by atoms with E-state index in [1.165, 1.54) is 11.3 Å². The normalized spacial score (nSPS) is 10.5. The molecule has 2 nitrogen and oxygen atoms in total. The molecule has 0 saturated carbocycles. The molecule has 2 rings (SSSR count). The fourth-order valence-electron chi connectivity index (χ4n) is 1.05. The predicted molar refractivity (Wildman–Crippen MR) is 64.8 cm³/mol. The quantitative estimate of drug-likeness (QED) is 0.850. The van der Waals surface area contributed by atoms with Crippen LogP contribution in [0.4, 0.5) is 0 Å². The van der Waals surface area contributed by atoms with Crippen molar-refractivity contribution in [3.8, 4) is 5.75 Å². The lowest BCUT2D eigenvalue weighted by atomic mass is 10.3. The van der Waals surface area contributed by atoms with E-state index in [2.05, 4.69) is 4.98 Å². The van der Waals surface area contributed by atoms with Crippen molar-refractivity contribution < 1.29 is 5.11 Å². The maximum atomic E-state index is 9.11. The minimum Gasteiger partial charge on any atom is -0.508 e. The van der Waals surface area contributed by atoms with Gasteiger partial charge in [0.15, 0.2) is 4.47 Å². The van der Waals surface area contributed by atoms with E-state index in [1.54, 1.807) is 23.9 Å². The highest BCUT2D eigenvalue weighted by Crippen LogP contribution is 2.26. The van der Waals surface area contributed by atoms with Crippen molar-refractivity contribution in [2.45, 2.75) is 10.6 Å². The highest BCUT2D eigenvalue weighted by Gasteiger charge is 2.00. The number of aromatic nitrogens is 1. The summed E-state index contributed by atoms with van der Waals surface area (Å²) in [5.41, 5.74) is 0.989. The van der Waals surface area contributed by atoms with Gasteiger partial charge in [0.1, 0.15) is 5.75 Å². The summed E-state index contributed by atoms with van der Waals surface area (Å²) in [4.78, 5) is 5.27. The molecule has 1 heterocycles. The first kappa shape index (κ1) is 10.8. The van der Waals surface area contributed by atoms with Gasteiger partial charge in [0.25, 0.3) is 0 Å². The molecule has 15 heavy (non-hydrogen) atoms. The Morgan fingerprint density at radius 1 is 1.33 bits per heavy atom. The lowest BCUT2D eigenvalue weighted by molar-refractivity contribution is 0.475. The largest absolute Gasteiger partial charge is 0.508 e. The molecule has 0 spiro atoms. The number of hydrogen-bond donors (Lipinski definition) is 1. The summed E-state index contributed by atoms with van der Waals surface area (Å²) in [5, 5.41) is 11.1. The molecule has 1 aromatic carbocycles. The predicted octanol–water partition coefficient (Wildman–Crippen LogP) is 3.79. The van der Waals surface area contributed by atoms with Crippen LogP contribution in [0.3, 0.4) is 0 Å². The molecule has 2 aromatic rings. The van der Waals surface area contributed by atoms with E-state index in [0.29, 0.717) is 4.47 Å². The number of nitrogens with zero attached hydrogens (tertiary/aromatic N) is 1. The molecule has 0 saturated heterocycles. The molecule has 0 atom stereocenters. The van der Waals surface area contributed by atoms with E-state index in [4.69, 9.17) is 16.7 Å². The van der Waals surface area contributed by atoms with E-state index in [9.17, 15) is 0 Å². The van der Waals surface area contributed by atoms with E-state index in [1.807, 2.05) is 17.5 Å². The first-order valence-corrected chi connectivity index (χ1v) is 6.50. The highest BCUT2D eigenvalue weighted by atomic mass is 35.5. The van der Waals surface area contributed by atoms with Crippen molar-refractivity contribution >= 4 is 34.7 Å². The first-order chi connectivity index (χ1) is 7.24. The second-order valence-electron chi connectivity index (χ2n) is 2.87.